The normalized spacial score (nSPS) is 15.0. The molecule has 9 heteroatoms. The number of aromatic carboxylic acids is 1. The summed E-state index contributed by atoms with van der Waals surface area (Å²) in [6.45, 7) is 2.20. The van der Waals surface area contributed by atoms with Gasteiger partial charge >= 0.3 is 5.97 Å². The van der Waals surface area contributed by atoms with Gasteiger partial charge in [0, 0.05) is 30.8 Å². The Morgan fingerprint density at radius 1 is 1.27 bits per heavy atom. The third-order valence-corrected chi connectivity index (χ3v) is 6.44. The lowest BCUT2D eigenvalue weighted by Gasteiger charge is -2.27. The van der Waals surface area contributed by atoms with E-state index in [4.69, 9.17) is 5.11 Å². The van der Waals surface area contributed by atoms with Gasteiger partial charge in [0.1, 0.15) is 0 Å². The molecule has 1 aromatic carbocycles. The third kappa shape index (κ3) is 3.25. The van der Waals surface area contributed by atoms with E-state index in [1.54, 1.807) is 24.3 Å². The van der Waals surface area contributed by atoms with Gasteiger partial charge in [-0.25, -0.2) is 13.2 Å². The van der Waals surface area contributed by atoms with Crippen LogP contribution in [-0.4, -0.2) is 51.8 Å². The lowest BCUT2D eigenvalue weighted by Crippen LogP contribution is -2.36. The SMILES string of the molecule is CCc1ccc(S(=O)(=O)N2CCc3c(c(C(=O)O)nn3CCO)C2)cc1. The minimum absolute atomic E-state index is 0.0414. The maximum atomic E-state index is 12.9. The van der Waals surface area contributed by atoms with Gasteiger partial charge in [-0.05, 0) is 24.1 Å². The fourth-order valence-corrected chi connectivity index (χ4v) is 4.58. The minimum Gasteiger partial charge on any atom is -0.476 e. The van der Waals surface area contributed by atoms with Crippen molar-refractivity contribution in [1.82, 2.24) is 14.1 Å². The molecular weight excluding hydrogens is 358 g/mol. The zero-order valence-corrected chi connectivity index (χ0v) is 15.2. The molecule has 1 aromatic heterocycles. The van der Waals surface area contributed by atoms with E-state index in [0.29, 0.717) is 17.7 Å². The Balaban J connectivity index is 1.95. The molecule has 1 aliphatic rings. The van der Waals surface area contributed by atoms with Crippen LogP contribution in [0.15, 0.2) is 29.2 Å². The van der Waals surface area contributed by atoms with Gasteiger partial charge < -0.3 is 10.2 Å². The topological polar surface area (TPSA) is 113 Å². The third-order valence-electron chi connectivity index (χ3n) is 4.58. The molecule has 0 unspecified atom stereocenters. The molecule has 2 N–H and O–H groups in total. The van der Waals surface area contributed by atoms with Gasteiger partial charge in [0.25, 0.3) is 0 Å². The van der Waals surface area contributed by atoms with Crippen molar-refractivity contribution in [3.8, 4) is 0 Å². The number of hydrogen-bond donors (Lipinski definition) is 2. The molecule has 1 aliphatic heterocycles. The standard InChI is InChI=1S/C17H21N3O5S/c1-2-12-3-5-13(6-4-12)26(24,25)19-8-7-15-14(11-19)16(17(22)23)18-20(15)9-10-21/h3-6,21H,2,7-11H2,1H3,(H,22,23). The van der Waals surface area contributed by atoms with Crippen LogP contribution in [0.1, 0.15) is 34.2 Å². The van der Waals surface area contributed by atoms with Crippen LogP contribution in [0.5, 0.6) is 0 Å². The van der Waals surface area contributed by atoms with Gasteiger partial charge in [-0.15, -0.1) is 0 Å². The van der Waals surface area contributed by atoms with Gasteiger partial charge in [0.2, 0.25) is 10.0 Å². The van der Waals surface area contributed by atoms with Gasteiger partial charge in [0.15, 0.2) is 5.69 Å². The predicted molar refractivity (Wildman–Crippen MR) is 93.4 cm³/mol. The van der Waals surface area contributed by atoms with E-state index < -0.39 is 16.0 Å². The number of carboxylic acid groups (broad SMARTS) is 1. The van der Waals surface area contributed by atoms with Crippen LogP contribution in [0.25, 0.3) is 0 Å². The number of aliphatic hydroxyl groups excluding tert-OH is 1. The fraction of sp³-hybridized carbons (Fsp3) is 0.412. The van der Waals surface area contributed by atoms with E-state index in [0.717, 1.165) is 12.0 Å². The molecular formula is C17H21N3O5S. The van der Waals surface area contributed by atoms with Crippen LogP contribution < -0.4 is 0 Å². The summed E-state index contributed by atoms with van der Waals surface area (Å²) in [7, 11) is -3.72. The summed E-state index contributed by atoms with van der Waals surface area (Å²) in [6.07, 6.45) is 1.17. The summed E-state index contributed by atoms with van der Waals surface area (Å²) in [5.41, 5.74) is 1.95. The number of carboxylic acids is 1. The second kappa shape index (κ2) is 7.18. The number of aromatic nitrogens is 2. The zero-order valence-electron chi connectivity index (χ0n) is 14.4. The van der Waals surface area contributed by atoms with Crippen LogP contribution in [0, 0.1) is 0 Å². The molecule has 0 atom stereocenters. The fourth-order valence-electron chi connectivity index (χ4n) is 3.17. The number of benzene rings is 1. The largest absolute Gasteiger partial charge is 0.476 e. The van der Waals surface area contributed by atoms with E-state index in [-0.39, 0.29) is 36.8 Å². The van der Waals surface area contributed by atoms with E-state index in [9.17, 15) is 18.3 Å². The highest BCUT2D eigenvalue weighted by molar-refractivity contribution is 7.89. The number of sulfonamides is 1. The summed E-state index contributed by atoms with van der Waals surface area (Å²) in [5.74, 6) is -1.20. The Morgan fingerprint density at radius 3 is 2.54 bits per heavy atom. The molecule has 0 fully saturated rings. The average Bonchev–Trinajstić information content (AvgIpc) is 3.00. The smallest absolute Gasteiger partial charge is 0.356 e. The van der Waals surface area contributed by atoms with E-state index in [2.05, 4.69) is 5.10 Å². The van der Waals surface area contributed by atoms with Crippen LogP contribution in [0.2, 0.25) is 0 Å². The lowest BCUT2D eigenvalue weighted by atomic mass is 10.1. The molecule has 0 spiro atoms. The van der Waals surface area contributed by atoms with Crippen molar-refractivity contribution in [2.45, 2.75) is 37.8 Å². The number of aliphatic hydroxyl groups is 1. The average molecular weight is 379 g/mol. The molecule has 140 valence electrons. The maximum Gasteiger partial charge on any atom is 0.356 e. The number of rotatable bonds is 6. The van der Waals surface area contributed by atoms with Gasteiger partial charge in [-0.1, -0.05) is 19.1 Å². The predicted octanol–water partition coefficient (Wildman–Crippen LogP) is 0.883. The van der Waals surface area contributed by atoms with Crippen molar-refractivity contribution in [2.24, 2.45) is 0 Å². The lowest BCUT2D eigenvalue weighted by molar-refractivity contribution is 0.0687. The molecule has 0 aliphatic carbocycles. The number of hydrogen-bond acceptors (Lipinski definition) is 5. The molecule has 0 bridgehead atoms. The summed E-state index contributed by atoms with van der Waals surface area (Å²) in [5, 5.41) is 22.5. The molecule has 0 saturated heterocycles. The summed E-state index contributed by atoms with van der Waals surface area (Å²) in [6, 6.07) is 6.72. The first-order valence-electron chi connectivity index (χ1n) is 8.40. The minimum atomic E-state index is -3.72. The second-order valence-electron chi connectivity index (χ2n) is 6.11. The molecule has 26 heavy (non-hydrogen) atoms. The molecule has 3 rings (SSSR count). The molecule has 0 saturated carbocycles. The zero-order chi connectivity index (χ0) is 18.9. The van der Waals surface area contributed by atoms with Crippen molar-refractivity contribution in [2.75, 3.05) is 13.2 Å². The van der Waals surface area contributed by atoms with E-state index >= 15 is 0 Å². The number of carbonyl (C=O) groups is 1. The first kappa shape index (κ1) is 18.6. The monoisotopic (exact) mass is 379 g/mol. The van der Waals surface area contributed by atoms with Crippen LogP contribution in [0.3, 0.4) is 0 Å². The first-order chi connectivity index (χ1) is 12.4. The Hall–Kier alpha value is -2.23. The van der Waals surface area contributed by atoms with Gasteiger partial charge in [-0.2, -0.15) is 9.40 Å². The Bertz CT molecular complexity index is 919. The van der Waals surface area contributed by atoms with Gasteiger partial charge in [-0.3, -0.25) is 4.68 Å². The Morgan fingerprint density at radius 2 is 1.96 bits per heavy atom. The number of aryl methyl sites for hydroxylation is 1. The van der Waals surface area contributed by atoms with Crippen molar-refractivity contribution < 1.29 is 23.4 Å². The van der Waals surface area contributed by atoms with Crippen molar-refractivity contribution in [1.29, 1.82) is 0 Å². The molecule has 0 radical (unpaired) electrons. The first-order valence-corrected chi connectivity index (χ1v) is 9.84. The highest BCUT2D eigenvalue weighted by Gasteiger charge is 2.33. The number of nitrogens with zero attached hydrogens (tertiary/aromatic N) is 3. The second-order valence-corrected chi connectivity index (χ2v) is 8.05. The van der Waals surface area contributed by atoms with Crippen molar-refractivity contribution in [3.63, 3.8) is 0 Å². The highest BCUT2D eigenvalue weighted by Crippen LogP contribution is 2.27. The maximum absolute atomic E-state index is 12.9. The summed E-state index contributed by atoms with van der Waals surface area (Å²) in [4.78, 5) is 11.7. The van der Waals surface area contributed by atoms with E-state index in [1.165, 1.54) is 8.99 Å². The van der Waals surface area contributed by atoms with Crippen molar-refractivity contribution >= 4 is 16.0 Å². The van der Waals surface area contributed by atoms with E-state index in [1.807, 2.05) is 6.92 Å². The van der Waals surface area contributed by atoms with Crippen molar-refractivity contribution in [3.05, 3.63) is 46.8 Å². The Kier molecular flexibility index (Phi) is 5.12. The molecule has 2 heterocycles. The summed E-state index contributed by atoms with van der Waals surface area (Å²) < 4.78 is 28.6. The Labute approximate surface area is 151 Å². The van der Waals surface area contributed by atoms with Crippen LogP contribution in [0.4, 0.5) is 0 Å². The van der Waals surface area contributed by atoms with Crippen LogP contribution in [-0.2, 0) is 36.0 Å². The molecule has 8 nitrogen and oxygen atoms in total. The van der Waals surface area contributed by atoms with Gasteiger partial charge in [0.05, 0.1) is 18.0 Å². The summed E-state index contributed by atoms with van der Waals surface area (Å²) >= 11 is 0. The van der Waals surface area contributed by atoms with Crippen LogP contribution >= 0.6 is 0 Å². The quantitative estimate of drug-likeness (QED) is 0.770. The molecule has 2 aromatic rings. The highest BCUT2D eigenvalue weighted by atomic mass is 32.2. The molecule has 0 amide bonds. The number of fused-ring (bicyclic) bond motifs is 1.